The van der Waals surface area contributed by atoms with Crippen molar-refractivity contribution in [3.8, 4) is 10.6 Å². The maximum atomic E-state index is 11.8. The topological polar surface area (TPSA) is 68.3 Å². The van der Waals surface area contributed by atoms with Crippen molar-refractivity contribution in [3.63, 3.8) is 0 Å². The normalized spacial score (nSPS) is 11.3. The minimum atomic E-state index is -0.613. The third-order valence-electron chi connectivity index (χ3n) is 3.60. The van der Waals surface area contributed by atoms with Gasteiger partial charge < -0.3 is 10.1 Å². The number of thiazole rings is 1. The number of halogens is 1. The summed E-state index contributed by atoms with van der Waals surface area (Å²) in [6.07, 6.45) is 0.677. The Morgan fingerprint density at radius 3 is 2.50 bits per heavy atom. The Morgan fingerprint density at radius 1 is 1.23 bits per heavy atom. The Morgan fingerprint density at radius 2 is 1.88 bits per heavy atom. The van der Waals surface area contributed by atoms with Gasteiger partial charge in [0.1, 0.15) is 5.01 Å². The van der Waals surface area contributed by atoms with E-state index in [4.69, 9.17) is 16.3 Å². The summed E-state index contributed by atoms with van der Waals surface area (Å²) in [5, 5.41) is 4.39. The predicted octanol–water partition coefficient (Wildman–Crippen LogP) is 4.02. The number of esters is 1. The second kappa shape index (κ2) is 8.64. The highest BCUT2D eigenvalue weighted by Crippen LogP contribution is 2.28. The minimum absolute atomic E-state index is 0.256. The Kier molecular flexibility index (Phi) is 6.78. The van der Waals surface area contributed by atoms with Crippen molar-refractivity contribution in [1.29, 1.82) is 0 Å². The zero-order chi connectivity index (χ0) is 19.3. The third-order valence-corrected chi connectivity index (χ3v) is 5.12. The summed E-state index contributed by atoms with van der Waals surface area (Å²) >= 11 is 7.52. The van der Waals surface area contributed by atoms with Gasteiger partial charge in [-0.15, -0.1) is 11.3 Å². The lowest BCUT2D eigenvalue weighted by Gasteiger charge is -2.16. The highest BCUT2D eigenvalue weighted by Gasteiger charge is 2.23. The molecule has 1 aromatic heterocycles. The largest absolute Gasteiger partial charge is 0.455 e. The summed E-state index contributed by atoms with van der Waals surface area (Å²) in [6, 6.07) is 7.56. The molecule has 1 heterocycles. The number of amides is 1. The van der Waals surface area contributed by atoms with E-state index in [9.17, 15) is 9.59 Å². The number of rotatable bonds is 6. The Bertz CT molecular complexity index is 779. The van der Waals surface area contributed by atoms with Gasteiger partial charge in [0, 0.05) is 28.4 Å². The summed E-state index contributed by atoms with van der Waals surface area (Å²) in [7, 11) is 0. The summed E-state index contributed by atoms with van der Waals surface area (Å²) in [5.41, 5.74) is 1.36. The van der Waals surface area contributed by atoms with Gasteiger partial charge in [0.2, 0.25) is 0 Å². The van der Waals surface area contributed by atoms with Gasteiger partial charge in [-0.25, -0.2) is 4.98 Å². The lowest BCUT2D eigenvalue weighted by atomic mass is 9.97. The van der Waals surface area contributed by atoms with E-state index in [0.29, 0.717) is 18.0 Å². The molecule has 0 aliphatic carbocycles. The van der Waals surface area contributed by atoms with E-state index in [1.165, 1.54) is 0 Å². The second-order valence-corrected chi connectivity index (χ2v) is 8.48. The second-order valence-electron chi connectivity index (χ2n) is 6.96. The highest BCUT2D eigenvalue weighted by atomic mass is 35.5. The van der Waals surface area contributed by atoms with Gasteiger partial charge in [-0.3, -0.25) is 9.59 Å². The molecule has 0 radical (unpaired) electrons. The number of hydrogen-bond donors (Lipinski definition) is 1. The molecule has 0 unspecified atom stereocenters. The number of aryl methyl sites for hydroxylation is 1. The minimum Gasteiger partial charge on any atom is -0.455 e. The Hall–Kier alpha value is -1.92. The number of nitrogens with one attached hydrogen (secondary N) is 1. The summed E-state index contributed by atoms with van der Waals surface area (Å²) in [4.78, 5) is 29.1. The van der Waals surface area contributed by atoms with Gasteiger partial charge in [-0.2, -0.15) is 0 Å². The fourth-order valence-electron chi connectivity index (χ4n) is 2.09. The molecule has 2 aromatic rings. The van der Waals surface area contributed by atoms with E-state index in [-0.39, 0.29) is 12.5 Å². The molecule has 1 N–H and O–H groups in total. The lowest BCUT2D eigenvalue weighted by Crippen LogP contribution is -2.33. The quantitative estimate of drug-likeness (QED) is 0.751. The van der Waals surface area contributed by atoms with Gasteiger partial charge in [0.15, 0.2) is 6.61 Å². The molecule has 0 bridgehead atoms. The van der Waals surface area contributed by atoms with Crippen LogP contribution < -0.4 is 5.32 Å². The van der Waals surface area contributed by atoms with Crippen LogP contribution in [0.25, 0.3) is 10.6 Å². The molecule has 0 aliphatic heterocycles. The summed E-state index contributed by atoms with van der Waals surface area (Å²) < 4.78 is 4.99. The monoisotopic (exact) mass is 394 g/mol. The molecule has 0 atom stereocenters. The Balaban J connectivity index is 1.84. The van der Waals surface area contributed by atoms with E-state index in [1.54, 1.807) is 32.1 Å². The number of ether oxygens (including phenoxy) is 1. The molecular formula is C19H23ClN2O3S. The van der Waals surface area contributed by atoms with E-state index < -0.39 is 11.4 Å². The first-order valence-electron chi connectivity index (χ1n) is 8.33. The molecule has 0 spiro atoms. The van der Waals surface area contributed by atoms with Crippen LogP contribution in [0.15, 0.2) is 24.3 Å². The number of hydrogen-bond acceptors (Lipinski definition) is 5. The van der Waals surface area contributed by atoms with Crippen LogP contribution in [-0.4, -0.2) is 30.0 Å². The van der Waals surface area contributed by atoms with Gasteiger partial charge in [-0.1, -0.05) is 23.7 Å². The third kappa shape index (κ3) is 5.81. The van der Waals surface area contributed by atoms with Crippen molar-refractivity contribution in [3.05, 3.63) is 39.9 Å². The van der Waals surface area contributed by atoms with E-state index in [0.717, 1.165) is 21.1 Å². The maximum Gasteiger partial charge on any atom is 0.311 e. The fourth-order valence-corrected chi connectivity index (χ4v) is 3.28. The van der Waals surface area contributed by atoms with Gasteiger partial charge in [0.25, 0.3) is 5.91 Å². The first-order valence-corrected chi connectivity index (χ1v) is 9.52. The van der Waals surface area contributed by atoms with Crippen molar-refractivity contribution in [1.82, 2.24) is 10.3 Å². The molecule has 5 nitrogen and oxygen atoms in total. The lowest BCUT2D eigenvalue weighted by molar-refractivity contribution is -0.156. The Labute approximate surface area is 162 Å². The molecule has 0 saturated carbocycles. The molecular weight excluding hydrogens is 372 g/mol. The SMILES string of the molecule is Cc1nc(-c2ccc(Cl)cc2)sc1CCNC(=O)COC(=O)C(C)(C)C. The molecule has 1 amide bonds. The van der Waals surface area contributed by atoms with Gasteiger partial charge >= 0.3 is 5.97 Å². The molecule has 7 heteroatoms. The van der Waals surface area contributed by atoms with Gasteiger partial charge in [0.05, 0.1) is 11.1 Å². The summed E-state index contributed by atoms with van der Waals surface area (Å²) in [5.74, 6) is -0.693. The highest BCUT2D eigenvalue weighted by molar-refractivity contribution is 7.15. The standard InChI is InChI=1S/C19H23ClN2O3S/c1-12-15(26-17(22-12)13-5-7-14(20)8-6-13)9-10-21-16(23)11-25-18(24)19(2,3)4/h5-8H,9-11H2,1-4H3,(H,21,23). The van der Waals surface area contributed by atoms with E-state index in [2.05, 4.69) is 10.3 Å². The average molecular weight is 395 g/mol. The molecule has 1 aromatic carbocycles. The predicted molar refractivity (Wildman–Crippen MR) is 104 cm³/mol. The fraction of sp³-hybridized carbons (Fsp3) is 0.421. The van der Waals surface area contributed by atoms with Crippen molar-refractivity contribution < 1.29 is 14.3 Å². The molecule has 140 valence electrons. The summed E-state index contributed by atoms with van der Waals surface area (Å²) in [6.45, 7) is 7.41. The van der Waals surface area contributed by atoms with Crippen LogP contribution >= 0.6 is 22.9 Å². The number of benzene rings is 1. The van der Waals surface area contributed by atoms with Crippen molar-refractivity contribution >= 4 is 34.8 Å². The molecule has 26 heavy (non-hydrogen) atoms. The molecule has 0 saturated heterocycles. The van der Waals surface area contributed by atoms with Crippen LogP contribution in [0.3, 0.4) is 0 Å². The number of nitrogens with zero attached hydrogens (tertiary/aromatic N) is 1. The molecule has 0 aliphatic rings. The zero-order valence-corrected chi connectivity index (χ0v) is 17.0. The zero-order valence-electron chi connectivity index (χ0n) is 15.4. The number of carbonyl (C=O) groups is 2. The van der Waals surface area contributed by atoms with Crippen LogP contribution in [0, 0.1) is 12.3 Å². The van der Waals surface area contributed by atoms with E-state index >= 15 is 0 Å². The van der Waals surface area contributed by atoms with E-state index in [1.807, 2.05) is 31.2 Å². The van der Waals surface area contributed by atoms with Crippen molar-refractivity contribution in [2.75, 3.05) is 13.2 Å². The smallest absolute Gasteiger partial charge is 0.311 e. The first-order chi connectivity index (χ1) is 12.2. The first kappa shape index (κ1) is 20.4. The van der Waals surface area contributed by atoms with Crippen LogP contribution in [0.5, 0.6) is 0 Å². The van der Waals surface area contributed by atoms with Crippen LogP contribution in [0.2, 0.25) is 5.02 Å². The average Bonchev–Trinajstić information content (AvgIpc) is 2.93. The molecule has 2 rings (SSSR count). The molecule has 0 fully saturated rings. The van der Waals surface area contributed by atoms with Crippen LogP contribution in [0.1, 0.15) is 31.3 Å². The van der Waals surface area contributed by atoms with Gasteiger partial charge in [-0.05, 0) is 39.8 Å². The van der Waals surface area contributed by atoms with Crippen molar-refractivity contribution in [2.24, 2.45) is 5.41 Å². The number of aromatic nitrogens is 1. The van der Waals surface area contributed by atoms with Crippen LogP contribution in [0.4, 0.5) is 0 Å². The van der Waals surface area contributed by atoms with Crippen LogP contribution in [-0.2, 0) is 20.7 Å². The van der Waals surface area contributed by atoms with Crippen molar-refractivity contribution in [2.45, 2.75) is 34.1 Å². The number of carbonyl (C=O) groups excluding carboxylic acids is 2. The maximum absolute atomic E-state index is 11.8.